The van der Waals surface area contributed by atoms with Crippen molar-refractivity contribution in [1.29, 1.82) is 0 Å². The molecule has 3 heterocycles. The number of anilines is 1. The summed E-state index contributed by atoms with van der Waals surface area (Å²) in [5, 5.41) is 9.13. The predicted molar refractivity (Wildman–Crippen MR) is 114 cm³/mol. The van der Waals surface area contributed by atoms with Crippen molar-refractivity contribution in [2.45, 2.75) is 43.8 Å². The molecule has 0 saturated heterocycles. The number of carbonyl (C=O) groups excluding carboxylic acids is 1. The zero-order valence-electron chi connectivity index (χ0n) is 17.2. The van der Waals surface area contributed by atoms with Gasteiger partial charge in [0.05, 0.1) is 5.75 Å². The first-order chi connectivity index (χ1) is 13.7. The van der Waals surface area contributed by atoms with Crippen LogP contribution < -0.4 is 10.5 Å². The highest BCUT2D eigenvalue weighted by atomic mass is 32.2. The first-order valence-corrected chi connectivity index (χ1v) is 10.5. The van der Waals surface area contributed by atoms with Gasteiger partial charge in [-0.1, -0.05) is 18.7 Å². The summed E-state index contributed by atoms with van der Waals surface area (Å²) in [4.78, 5) is 27.4. The molecule has 0 N–H and O–H groups in total. The van der Waals surface area contributed by atoms with E-state index >= 15 is 0 Å². The first-order valence-electron chi connectivity index (χ1n) is 9.53. The minimum absolute atomic E-state index is 0.0212. The molecule has 1 atom stereocenters. The van der Waals surface area contributed by atoms with Crippen LogP contribution in [0.15, 0.2) is 38.9 Å². The van der Waals surface area contributed by atoms with Gasteiger partial charge in [0.25, 0.3) is 0 Å². The lowest BCUT2D eigenvalue weighted by atomic mass is 9.80. The van der Waals surface area contributed by atoms with Crippen molar-refractivity contribution in [2.24, 2.45) is 7.05 Å². The Balaban J connectivity index is 1.70. The third kappa shape index (κ3) is 3.46. The Bertz CT molecular complexity index is 1160. The smallest absolute Gasteiger partial charge is 0.347 e. The number of aromatic nitrogens is 3. The summed E-state index contributed by atoms with van der Waals surface area (Å²) in [5.74, 6) is 0.192. The normalized spacial score (nSPS) is 18.1. The number of thioether (sulfide) groups is 1. The fraction of sp³-hybridized carbons (Fsp3) is 0.429. The van der Waals surface area contributed by atoms with Crippen LogP contribution >= 0.6 is 11.8 Å². The molecule has 3 aromatic rings. The van der Waals surface area contributed by atoms with Crippen LogP contribution in [-0.2, 0) is 7.05 Å². The topological polar surface area (TPSA) is 81.2 Å². The van der Waals surface area contributed by atoms with Crippen LogP contribution in [0, 0.1) is 0 Å². The number of fused-ring (bicyclic) bond motifs is 2. The van der Waals surface area contributed by atoms with E-state index in [1.165, 1.54) is 17.3 Å². The molecule has 0 spiro atoms. The molecule has 0 aliphatic carbocycles. The van der Waals surface area contributed by atoms with E-state index in [0.29, 0.717) is 16.7 Å². The Kier molecular flexibility index (Phi) is 4.77. The second kappa shape index (κ2) is 7.02. The Morgan fingerprint density at radius 3 is 2.76 bits per heavy atom. The predicted octanol–water partition coefficient (Wildman–Crippen LogP) is 3.62. The summed E-state index contributed by atoms with van der Waals surface area (Å²) in [6.07, 6.45) is 2.60. The Labute approximate surface area is 173 Å². The maximum atomic E-state index is 12.7. The summed E-state index contributed by atoms with van der Waals surface area (Å²) >= 11 is 1.25. The van der Waals surface area contributed by atoms with E-state index in [1.54, 1.807) is 24.0 Å². The van der Waals surface area contributed by atoms with E-state index in [4.69, 9.17) is 4.42 Å². The minimum atomic E-state index is -0.605. The van der Waals surface area contributed by atoms with Gasteiger partial charge in [-0.25, -0.2) is 4.79 Å². The van der Waals surface area contributed by atoms with Crippen LogP contribution in [0.25, 0.3) is 11.0 Å². The Morgan fingerprint density at radius 2 is 2.07 bits per heavy atom. The maximum absolute atomic E-state index is 12.7. The quantitative estimate of drug-likeness (QED) is 0.368. The van der Waals surface area contributed by atoms with E-state index < -0.39 is 5.63 Å². The molecule has 0 unspecified atom stereocenters. The summed E-state index contributed by atoms with van der Waals surface area (Å²) in [6, 6.07) is 5.64. The van der Waals surface area contributed by atoms with Gasteiger partial charge in [-0.05, 0) is 43.9 Å². The number of ketones is 1. The van der Waals surface area contributed by atoms with E-state index in [0.717, 1.165) is 17.5 Å². The largest absolute Gasteiger partial charge is 0.422 e. The number of aryl methyl sites for hydroxylation is 1. The van der Waals surface area contributed by atoms with Gasteiger partial charge in [0, 0.05) is 36.8 Å². The number of benzene rings is 1. The highest BCUT2D eigenvalue weighted by Crippen LogP contribution is 2.43. The molecule has 0 amide bonds. The highest BCUT2D eigenvalue weighted by molar-refractivity contribution is 7.99. The first kappa shape index (κ1) is 19.7. The molecule has 2 aromatic heterocycles. The molecule has 152 valence electrons. The average molecular weight is 413 g/mol. The molecule has 4 rings (SSSR count). The van der Waals surface area contributed by atoms with E-state index in [2.05, 4.69) is 49.0 Å². The summed E-state index contributed by atoms with van der Waals surface area (Å²) in [7, 11) is 3.87. The van der Waals surface area contributed by atoms with Crippen molar-refractivity contribution >= 4 is 34.2 Å². The van der Waals surface area contributed by atoms with Crippen molar-refractivity contribution < 1.29 is 9.21 Å². The maximum Gasteiger partial charge on any atom is 0.347 e. The lowest BCUT2D eigenvalue weighted by Crippen LogP contribution is -2.45. The van der Waals surface area contributed by atoms with E-state index in [-0.39, 0.29) is 22.6 Å². The van der Waals surface area contributed by atoms with Crippen molar-refractivity contribution in [3.63, 3.8) is 0 Å². The highest BCUT2D eigenvalue weighted by Gasteiger charge is 2.34. The molecule has 29 heavy (non-hydrogen) atoms. The zero-order chi connectivity index (χ0) is 20.9. The second-order valence-electron chi connectivity index (χ2n) is 8.31. The molecule has 7 nitrogen and oxygen atoms in total. The molecule has 0 bridgehead atoms. The minimum Gasteiger partial charge on any atom is -0.422 e. The summed E-state index contributed by atoms with van der Waals surface area (Å²) in [5.41, 5.74) is 2.27. The van der Waals surface area contributed by atoms with Gasteiger partial charge < -0.3 is 13.9 Å². The van der Waals surface area contributed by atoms with Gasteiger partial charge in [-0.2, -0.15) is 0 Å². The third-order valence-electron chi connectivity index (χ3n) is 5.79. The van der Waals surface area contributed by atoms with E-state index in [9.17, 15) is 9.59 Å². The van der Waals surface area contributed by atoms with Crippen LogP contribution in [0.5, 0.6) is 0 Å². The molecule has 1 aliphatic rings. The lowest BCUT2D eigenvalue weighted by Gasteiger charge is -2.45. The molecule has 1 aliphatic heterocycles. The Morgan fingerprint density at radius 1 is 1.31 bits per heavy atom. The second-order valence-corrected chi connectivity index (χ2v) is 9.25. The van der Waals surface area contributed by atoms with Crippen molar-refractivity contribution in [2.75, 3.05) is 17.7 Å². The number of hydrogen-bond donors (Lipinski definition) is 0. The number of nitrogens with zero attached hydrogens (tertiary/aromatic N) is 4. The molecular weight excluding hydrogens is 388 g/mol. The van der Waals surface area contributed by atoms with Gasteiger partial charge in [-0.15, -0.1) is 10.2 Å². The van der Waals surface area contributed by atoms with Crippen LogP contribution in [-0.4, -0.2) is 38.9 Å². The lowest BCUT2D eigenvalue weighted by molar-refractivity contribution is 0.101. The molecule has 0 fully saturated rings. The standard InChI is InChI=1S/C21H24N4O3S/c1-12-9-21(2,3)25(5)16-8-18-13(6-14(12)16)7-15(19(27)28-18)17(26)10-29-20-23-22-11-24(20)4/h6-8,11-12H,9-10H2,1-5H3/t12-/m0/s1. The van der Waals surface area contributed by atoms with Crippen molar-refractivity contribution in [3.8, 4) is 0 Å². The zero-order valence-corrected chi connectivity index (χ0v) is 18.0. The van der Waals surface area contributed by atoms with Gasteiger partial charge in [-0.3, -0.25) is 4.79 Å². The van der Waals surface area contributed by atoms with E-state index in [1.807, 2.05) is 6.07 Å². The molecule has 8 heteroatoms. The van der Waals surface area contributed by atoms with Gasteiger partial charge in [0.15, 0.2) is 10.9 Å². The molecular formula is C21H24N4O3S. The van der Waals surface area contributed by atoms with Crippen LogP contribution in [0.3, 0.4) is 0 Å². The number of rotatable bonds is 4. The summed E-state index contributed by atoms with van der Waals surface area (Å²) in [6.45, 7) is 6.63. The van der Waals surface area contributed by atoms with Gasteiger partial charge >= 0.3 is 5.63 Å². The molecule has 0 saturated carbocycles. The van der Waals surface area contributed by atoms with Crippen molar-refractivity contribution in [3.05, 3.63) is 46.1 Å². The SMILES string of the molecule is C[C@H]1CC(C)(C)N(C)c2cc3oc(=O)c(C(=O)CSc4nncn4C)cc3cc21. The Hall–Kier alpha value is -2.61. The third-order valence-corrected chi connectivity index (χ3v) is 6.82. The van der Waals surface area contributed by atoms with Crippen molar-refractivity contribution in [1.82, 2.24) is 14.8 Å². The number of Topliss-reactive ketones (excluding diaryl/α,β-unsaturated/α-hetero) is 1. The number of carbonyl (C=O) groups is 1. The fourth-order valence-corrected chi connectivity index (χ4v) is 4.76. The van der Waals surface area contributed by atoms with Crippen LogP contribution in [0.1, 0.15) is 49.0 Å². The molecule has 0 radical (unpaired) electrons. The summed E-state index contributed by atoms with van der Waals surface area (Å²) < 4.78 is 7.28. The van der Waals surface area contributed by atoms with Crippen LogP contribution in [0.2, 0.25) is 0 Å². The van der Waals surface area contributed by atoms with Gasteiger partial charge in [0.1, 0.15) is 17.5 Å². The van der Waals surface area contributed by atoms with Crippen LogP contribution in [0.4, 0.5) is 5.69 Å². The number of hydrogen-bond acceptors (Lipinski definition) is 7. The fourth-order valence-electron chi connectivity index (χ4n) is 3.99. The van der Waals surface area contributed by atoms with Gasteiger partial charge in [0.2, 0.25) is 0 Å². The monoisotopic (exact) mass is 412 g/mol. The average Bonchev–Trinajstić information content (AvgIpc) is 3.07. The molecule has 1 aromatic carbocycles.